The second-order valence-electron chi connectivity index (χ2n) is 5.75. The first kappa shape index (κ1) is 20.3. The van der Waals surface area contributed by atoms with Gasteiger partial charge < -0.3 is 25.0 Å². The number of ether oxygens (including phenoxy) is 2. The summed E-state index contributed by atoms with van der Waals surface area (Å²) in [4.78, 5) is 6.91. The summed E-state index contributed by atoms with van der Waals surface area (Å²) in [7, 11) is 7.54. The summed E-state index contributed by atoms with van der Waals surface area (Å²) >= 11 is 0. The van der Waals surface area contributed by atoms with Gasteiger partial charge in [0.25, 0.3) is 0 Å². The maximum absolute atomic E-state index is 5.23. The van der Waals surface area contributed by atoms with E-state index in [2.05, 4.69) is 48.7 Å². The van der Waals surface area contributed by atoms with Crippen LogP contribution in [0.15, 0.2) is 29.3 Å². The molecule has 0 spiro atoms. The van der Waals surface area contributed by atoms with Crippen molar-refractivity contribution in [3.8, 4) is 5.75 Å². The van der Waals surface area contributed by atoms with Gasteiger partial charge in [-0.15, -0.1) is 0 Å². The lowest BCUT2D eigenvalue weighted by molar-refractivity contribution is 0.195. The first-order chi connectivity index (χ1) is 11.6. The summed E-state index contributed by atoms with van der Waals surface area (Å²) in [6.45, 7) is 5.18. The smallest absolute Gasteiger partial charge is 0.191 e. The molecule has 0 radical (unpaired) electrons. The third-order valence-corrected chi connectivity index (χ3v) is 3.71. The largest absolute Gasteiger partial charge is 0.497 e. The second kappa shape index (κ2) is 11.7. The van der Waals surface area contributed by atoms with E-state index in [9.17, 15) is 0 Å². The molecule has 0 amide bonds. The minimum Gasteiger partial charge on any atom is -0.497 e. The SMILES string of the molecule is CCNC(=NCC(c1ccc(OC)cc1)N(C)C)NCCCOC. The van der Waals surface area contributed by atoms with Crippen LogP contribution < -0.4 is 15.4 Å². The molecule has 2 N–H and O–H groups in total. The Balaban J connectivity index is 2.72. The highest BCUT2D eigenvalue weighted by atomic mass is 16.5. The van der Waals surface area contributed by atoms with Crippen LogP contribution in [0.1, 0.15) is 24.9 Å². The zero-order valence-electron chi connectivity index (χ0n) is 15.6. The molecule has 0 saturated carbocycles. The number of nitrogens with one attached hydrogen (secondary N) is 2. The zero-order valence-corrected chi connectivity index (χ0v) is 15.6. The Bertz CT molecular complexity index is 474. The van der Waals surface area contributed by atoms with Gasteiger partial charge in [-0.2, -0.15) is 0 Å². The molecule has 0 saturated heterocycles. The zero-order chi connectivity index (χ0) is 17.8. The lowest BCUT2D eigenvalue weighted by atomic mass is 10.1. The topological polar surface area (TPSA) is 58.1 Å². The minimum atomic E-state index is 0.213. The molecule has 136 valence electrons. The maximum Gasteiger partial charge on any atom is 0.191 e. The van der Waals surface area contributed by atoms with Gasteiger partial charge in [0, 0.05) is 26.8 Å². The Morgan fingerprint density at radius 3 is 2.42 bits per heavy atom. The lowest BCUT2D eigenvalue weighted by Crippen LogP contribution is -2.38. The van der Waals surface area contributed by atoms with Gasteiger partial charge in [0.15, 0.2) is 5.96 Å². The van der Waals surface area contributed by atoms with Crippen LogP contribution in [0.25, 0.3) is 0 Å². The van der Waals surface area contributed by atoms with Crippen LogP contribution in [0.5, 0.6) is 5.75 Å². The molecule has 0 aliphatic rings. The van der Waals surface area contributed by atoms with E-state index in [1.165, 1.54) is 5.56 Å². The molecular formula is C18H32N4O2. The number of methoxy groups -OCH3 is 2. The Morgan fingerprint density at radius 1 is 1.17 bits per heavy atom. The predicted molar refractivity (Wildman–Crippen MR) is 99.9 cm³/mol. The molecule has 1 unspecified atom stereocenters. The van der Waals surface area contributed by atoms with Crippen molar-refractivity contribution in [2.45, 2.75) is 19.4 Å². The van der Waals surface area contributed by atoms with Crippen molar-refractivity contribution in [1.29, 1.82) is 0 Å². The Hall–Kier alpha value is -1.79. The summed E-state index contributed by atoms with van der Waals surface area (Å²) < 4.78 is 10.3. The number of hydrogen-bond donors (Lipinski definition) is 2. The minimum absolute atomic E-state index is 0.213. The Labute approximate surface area is 146 Å². The number of nitrogens with zero attached hydrogens (tertiary/aromatic N) is 2. The summed E-state index contributed by atoms with van der Waals surface area (Å²) in [5.41, 5.74) is 1.22. The highest BCUT2D eigenvalue weighted by Gasteiger charge is 2.14. The fourth-order valence-electron chi connectivity index (χ4n) is 2.34. The predicted octanol–water partition coefficient (Wildman–Crippen LogP) is 1.89. The summed E-state index contributed by atoms with van der Waals surface area (Å²) in [5.74, 6) is 1.71. The standard InChI is InChI=1S/C18H32N4O2/c1-6-19-18(20-12-7-13-23-4)21-14-17(22(2)3)15-8-10-16(24-5)11-9-15/h8-11,17H,6-7,12-14H2,1-5H3,(H2,19,20,21). The molecule has 1 aromatic rings. The number of guanidine groups is 1. The van der Waals surface area contributed by atoms with Crippen molar-refractivity contribution >= 4 is 5.96 Å². The van der Waals surface area contributed by atoms with Gasteiger partial charge in [-0.25, -0.2) is 0 Å². The van der Waals surface area contributed by atoms with Crippen molar-refractivity contribution in [2.24, 2.45) is 4.99 Å². The van der Waals surface area contributed by atoms with E-state index in [0.717, 1.165) is 37.8 Å². The van der Waals surface area contributed by atoms with Gasteiger partial charge in [0.2, 0.25) is 0 Å². The van der Waals surface area contributed by atoms with Crippen LogP contribution in [0.2, 0.25) is 0 Å². The molecule has 0 aromatic heterocycles. The number of rotatable bonds is 10. The molecule has 1 atom stereocenters. The summed E-state index contributed by atoms with van der Waals surface area (Å²) in [6.07, 6.45) is 0.955. The van der Waals surface area contributed by atoms with Crippen molar-refractivity contribution in [1.82, 2.24) is 15.5 Å². The highest BCUT2D eigenvalue weighted by molar-refractivity contribution is 5.79. The fourth-order valence-corrected chi connectivity index (χ4v) is 2.34. The quantitative estimate of drug-likeness (QED) is 0.388. The van der Waals surface area contributed by atoms with Crippen LogP contribution >= 0.6 is 0 Å². The van der Waals surface area contributed by atoms with Crippen molar-refractivity contribution in [3.05, 3.63) is 29.8 Å². The van der Waals surface area contributed by atoms with E-state index in [1.807, 2.05) is 12.1 Å². The highest BCUT2D eigenvalue weighted by Crippen LogP contribution is 2.21. The van der Waals surface area contributed by atoms with Gasteiger partial charge >= 0.3 is 0 Å². The Kier molecular flexibility index (Phi) is 9.88. The molecule has 0 bridgehead atoms. The maximum atomic E-state index is 5.23. The molecule has 0 aliphatic carbocycles. The van der Waals surface area contributed by atoms with Crippen LogP contribution in [0, 0.1) is 0 Å². The number of likely N-dealkylation sites (N-methyl/N-ethyl adjacent to an activating group) is 1. The summed E-state index contributed by atoms with van der Waals surface area (Å²) in [6, 6.07) is 8.38. The lowest BCUT2D eigenvalue weighted by Gasteiger charge is -2.24. The fraction of sp³-hybridized carbons (Fsp3) is 0.611. The van der Waals surface area contributed by atoms with Crippen molar-refractivity contribution in [2.75, 3.05) is 54.6 Å². The molecule has 1 aromatic carbocycles. The van der Waals surface area contributed by atoms with E-state index in [-0.39, 0.29) is 6.04 Å². The molecule has 0 fully saturated rings. The van der Waals surface area contributed by atoms with E-state index in [1.54, 1.807) is 14.2 Å². The number of hydrogen-bond acceptors (Lipinski definition) is 4. The van der Waals surface area contributed by atoms with Crippen LogP contribution in [0.3, 0.4) is 0 Å². The van der Waals surface area contributed by atoms with Crippen molar-refractivity contribution in [3.63, 3.8) is 0 Å². The third-order valence-electron chi connectivity index (χ3n) is 3.71. The molecule has 1 rings (SSSR count). The monoisotopic (exact) mass is 336 g/mol. The van der Waals surface area contributed by atoms with E-state index in [0.29, 0.717) is 6.54 Å². The average Bonchev–Trinajstić information content (AvgIpc) is 2.59. The average molecular weight is 336 g/mol. The van der Waals surface area contributed by atoms with Gasteiger partial charge in [-0.1, -0.05) is 12.1 Å². The normalized spacial score (nSPS) is 13.0. The molecule has 0 aliphatic heterocycles. The van der Waals surface area contributed by atoms with E-state index < -0.39 is 0 Å². The van der Waals surface area contributed by atoms with Gasteiger partial charge in [-0.3, -0.25) is 4.99 Å². The van der Waals surface area contributed by atoms with Crippen LogP contribution in [0.4, 0.5) is 0 Å². The van der Waals surface area contributed by atoms with Gasteiger partial charge in [-0.05, 0) is 45.1 Å². The molecule has 6 heteroatoms. The molecule has 0 heterocycles. The molecule has 24 heavy (non-hydrogen) atoms. The van der Waals surface area contributed by atoms with Crippen LogP contribution in [-0.4, -0.2) is 65.4 Å². The molecule has 6 nitrogen and oxygen atoms in total. The number of aliphatic imine (C=N–C) groups is 1. The number of benzene rings is 1. The van der Waals surface area contributed by atoms with Gasteiger partial charge in [0.05, 0.1) is 19.7 Å². The second-order valence-corrected chi connectivity index (χ2v) is 5.75. The first-order valence-electron chi connectivity index (χ1n) is 8.43. The van der Waals surface area contributed by atoms with Gasteiger partial charge in [0.1, 0.15) is 5.75 Å². The molecular weight excluding hydrogens is 304 g/mol. The Morgan fingerprint density at radius 2 is 1.88 bits per heavy atom. The van der Waals surface area contributed by atoms with E-state index >= 15 is 0 Å². The van der Waals surface area contributed by atoms with Crippen LogP contribution in [-0.2, 0) is 4.74 Å². The first-order valence-corrected chi connectivity index (χ1v) is 8.43. The van der Waals surface area contributed by atoms with Crippen molar-refractivity contribution < 1.29 is 9.47 Å². The third kappa shape index (κ3) is 7.19. The summed E-state index contributed by atoms with van der Waals surface area (Å²) in [5, 5.41) is 6.62. The van der Waals surface area contributed by atoms with E-state index in [4.69, 9.17) is 14.5 Å².